The van der Waals surface area contributed by atoms with Gasteiger partial charge in [-0.1, -0.05) is 24.3 Å². The lowest BCUT2D eigenvalue weighted by atomic mass is 10.1. The van der Waals surface area contributed by atoms with Crippen LogP contribution in [0.4, 0.5) is 0 Å². The van der Waals surface area contributed by atoms with E-state index in [-0.39, 0.29) is 12.5 Å². The lowest BCUT2D eigenvalue weighted by molar-refractivity contribution is -0.139. The van der Waals surface area contributed by atoms with E-state index >= 15 is 0 Å². The van der Waals surface area contributed by atoms with Gasteiger partial charge in [0, 0.05) is 16.3 Å². The largest absolute Gasteiger partial charge is 0.468 e. The zero-order chi connectivity index (χ0) is 15.5. The van der Waals surface area contributed by atoms with E-state index in [1.165, 1.54) is 7.11 Å². The van der Waals surface area contributed by atoms with Gasteiger partial charge in [0.2, 0.25) is 0 Å². The summed E-state index contributed by atoms with van der Waals surface area (Å²) in [7, 11) is 1.28. The van der Waals surface area contributed by atoms with Crippen molar-refractivity contribution < 1.29 is 14.3 Å². The van der Waals surface area contributed by atoms with Crippen LogP contribution in [0.1, 0.15) is 10.4 Å². The molecule has 5 nitrogen and oxygen atoms in total. The van der Waals surface area contributed by atoms with Crippen LogP contribution < -0.4 is 5.32 Å². The number of aromatic nitrogens is 1. The van der Waals surface area contributed by atoms with Gasteiger partial charge >= 0.3 is 5.97 Å². The van der Waals surface area contributed by atoms with Crippen LogP contribution in [0.5, 0.6) is 0 Å². The van der Waals surface area contributed by atoms with E-state index in [1.54, 1.807) is 12.1 Å². The number of para-hydroxylation sites is 1. The fourth-order valence-corrected chi connectivity index (χ4v) is 2.24. The van der Waals surface area contributed by atoms with Crippen LogP contribution in [0.3, 0.4) is 0 Å². The SMILES string of the molecule is COC(=O)CNC(=O)c1ccc2cc3ccccc3nc2c1. The van der Waals surface area contributed by atoms with Gasteiger partial charge in [-0.2, -0.15) is 0 Å². The van der Waals surface area contributed by atoms with Crippen LogP contribution in [0.15, 0.2) is 48.5 Å². The van der Waals surface area contributed by atoms with E-state index in [0.717, 1.165) is 21.8 Å². The number of hydrogen-bond donors (Lipinski definition) is 1. The first-order valence-corrected chi connectivity index (χ1v) is 6.82. The number of methoxy groups -OCH3 is 1. The van der Waals surface area contributed by atoms with Gasteiger partial charge in [0.15, 0.2) is 0 Å². The molecule has 0 aliphatic heterocycles. The van der Waals surface area contributed by atoms with Gasteiger partial charge in [-0.25, -0.2) is 4.98 Å². The Labute approximate surface area is 126 Å². The minimum Gasteiger partial charge on any atom is -0.468 e. The third-order valence-corrected chi connectivity index (χ3v) is 3.40. The summed E-state index contributed by atoms with van der Waals surface area (Å²) in [5, 5.41) is 4.53. The number of amides is 1. The number of nitrogens with zero attached hydrogens (tertiary/aromatic N) is 1. The van der Waals surface area contributed by atoms with E-state index in [1.807, 2.05) is 36.4 Å². The summed E-state index contributed by atoms with van der Waals surface area (Å²) < 4.78 is 4.49. The Morgan fingerprint density at radius 1 is 1.05 bits per heavy atom. The second kappa shape index (κ2) is 5.81. The van der Waals surface area contributed by atoms with Gasteiger partial charge in [0.05, 0.1) is 18.1 Å². The van der Waals surface area contributed by atoms with Crippen molar-refractivity contribution in [3.63, 3.8) is 0 Å². The van der Waals surface area contributed by atoms with Crippen molar-refractivity contribution in [2.45, 2.75) is 0 Å². The summed E-state index contributed by atoms with van der Waals surface area (Å²) in [5.41, 5.74) is 2.07. The Hall–Kier alpha value is -2.95. The summed E-state index contributed by atoms with van der Waals surface area (Å²) in [5.74, 6) is -0.819. The molecule has 1 aromatic heterocycles. The number of carbonyl (C=O) groups is 2. The molecule has 3 rings (SSSR count). The first-order chi connectivity index (χ1) is 10.7. The average Bonchev–Trinajstić information content (AvgIpc) is 2.56. The summed E-state index contributed by atoms with van der Waals surface area (Å²) >= 11 is 0. The smallest absolute Gasteiger partial charge is 0.325 e. The maximum atomic E-state index is 12.0. The zero-order valence-corrected chi connectivity index (χ0v) is 12.0. The molecule has 22 heavy (non-hydrogen) atoms. The zero-order valence-electron chi connectivity index (χ0n) is 12.0. The third-order valence-electron chi connectivity index (χ3n) is 3.40. The molecule has 110 valence electrons. The van der Waals surface area contributed by atoms with E-state index in [0.29, 0.717) is 5.56 Å². The van der Waals surface area contributed by atoms with Crippen molar-refractivity contribution in [3.05, 3.63) is 54.1 Å². The van der Waals surface area contributed by atoms with Crippen molar-refractivity contribution >= 4 is 33.7 Å². The molecular weight excluding hydrogens is 280 g/mol. The Morgan fingerprint density at radius 3 is 2.64 bits per heavy atom. The number of nitrogens with one attached hydrogen (secondary N) is 1. The Morgan fingerprint density at radius 2 is 1.82 bits per heavy atom. The number of fused-ring (bicyclic) bond motifs is 2. The van der Waals surface area contributed by atoms with Gasteiger partial charge < -0.3 is 10.1 Å². The molecule has 3 aromatic rings. The predicted molar refractivity (Wildman–Crippen MR) is 83.6 cm³/mol. The van der Waals surface area contributed by atoms with Crippen molar-refractivity contribution in [3.8, 4) is 0 Å². The van der Waals surface area contributed by atoms with Gasteiger partial charge in [0.1, 0.15) is 6.54 Å². The van der Waals surface area contributed by atoms with Crippen molar-refractivity contribution in [2.24, 2.45) is 0 Å². The molecule has 1 amide bonds. The third kappa shape index (κ3) is 2.74. The summed E-state index contributed by atoms with van der Waals surface area (Å²) in [6, 6.07) is 15.1. The fraction of sp³-hybridized carbons (Fsp3) is 0.118. The van der Waals surface area contributed by atoms with Crippen LogP contribution in [0.25, 0.3) is 21.8 Å². The highest BCUT2D eigenvalue weighted by molar-refractivity contribution is 6.00. The highest BCUT2D eigenvalue weighted by Crippen LogP contribution is 2.20. The first-order valence-electron chi connectivity index (χ1n) is 6.82. The average molecular weight is 294 g/mol. The van der Waals surface area contributed by atoms with Gasteiger partial charge in [-0.3, -0.25) is 9.59 Å². The molecule has 0 saturated heterocycles. The summed E-state index contributed by atoms with van der Waals surface area (Å²) in [4.78, 5) is 27.6. The van der Waals surface area contributed by atoms with Crippen LogP contribution in [0.2, 0.25) is 0 Å². The molecule has 0 spiro atoms. The molecule has 1 heterocycles. The molecule has 0 saturated carbocycles. The highest BCUT2D eigenvalue weighted by atomic mass is 16.5. The number of ether oxygens (including phenoxy) is 1. The number of hydrogen-bond acceptors (Lipinski definition) is 4. The first kappa shape index (κ1) is 14.0. The molecule has 0 unspecified atom stereocenters. The normalized spacial score (nSPS) is 10.6. The molecule has 0 aliphatic rings. The maximum absolute atomic E-state index is 12.0. The summed E-state index contributed by atoms with van der Waals surface area (Å²) in [6.07, 6.45) is 0. The molecule has 1 N–H and O–H groups in total. The van der Waals surface area contributed by atoms with Gasteiger partial charge in [-0.15, -0.1) is 0 Å². The van der Waals surface area contributed by atoms with Crippen molar-refractivity contribution in [2.75, 3.05) is 13.7 Å². The Balaban J connectivity index is 1.93. The number of rotatable bonds is 3. The number of benzene rings is 2. The number of pyridine rings is 1. The number of esters is 1. The molecule has 2 aromatic carbocycles. The van der Waals surface area contributed by atoms with E-state index in [4.69, 9.17) is 0 Å². The van der Waals surface area contributed by atoms with E-state index < -0.39 is 5.97 Å². The topological polar surface area (TPSA) is 68.3 Å². The minimum absolute atomic E-state index is 0.154. The molecule has 5 heteroatoms. The molecule has 0 bridgehead atoms. The van der Waals surface area contributed by atoms with Crippen LogP contribution in [-0.2, 0) is 9.53 Å². The summed E-state index contributed by atoms with van der Waals surface area (Å²) in [6.45, 7) is -0.154. The van der Waals surface area contributed by atoms with Crippen LogP contribution >= 0.6 is 0 Å². The molecule has 0 fully saturated rings. The molecule has 0 aliphatic carbocycles. The van der Waals surface area contributed by atoms with Crippen LogP contribution in [0, 0.1) is 0 Å². The van der Waals surface area contributed by atoms with Crippen molar-refractivity contribution in [1.29, 1.82) is 0 Å². The predicted octanol–water partition coefficient (Wildman–Crippen LogP) is 2.29. The Kier molecular flexibility index (Phi) is 3.70. The maximum Gasteiger partial charge on any atom is 0.325 e. The second-order valence-corrected chi connectivity index (χ2v) is 4.85. The lowest BCUT2D eigenvalue weighted by Crippen LogP contribution is -2.30. The lowest BCUT2D eigenvalue weighted by Gasteiger charge is -2.06. The monoisotopic (exact) mass is 294 g/mol. The second-order valence-electron chi connectivity index (χ2n) is 4.85. The quantitative estimate of drug-likeness (QED) is 0.594. The fourth-order valence-electron chi connectivity index (χ4n) is 2.24. The molecule has 0 atom stereocenters. The van der Waals surface area contributed by atoms with Crippen molar-refractivity contribution in [1.82, 2.24) is 10.3 Å². The molecular formula is C17H14N2O3. The van der Waals surface area contributed by atoms with Crippen LogP contribution in [-0.4, -0.2) is 30.5 Å². The Bertz CT molecular complexity index is 874. The minimum atomic E-state index is -0.488. The van der Waals surface area contributed by atoms with Gasteiger partial charge in [0.25, 0.3) is 5.91 Å². The van der Waals surface area contributed by atoms with E-state index in [2.05, 4.69) is 15.0 Å². The molecule has 0 radical (unpaired) electrons. The highest BCUT2D eigenvalue weighted by Gasteiger charge is 2.09. The standard InChI is InChI=1S/C17H14N2O3/c1-22-16(20)10-18-17(21)13-7-6-12-8-11-4-2-3-5-14(11)19-15(12)9-13/h2-9H,10H2,1H3,(H,18,21). The van der Waals surface area contributed by atoms with Gasteiger partial charge in [-0.05, 0) is 24.3 Å². The number of carbonyl (C=O) groups excluding carboxylic acids is 2. The van der Waals surface area contributed by atoms with E-state index in [9.17, 15) is 9.59 Å².